The van der Waals surface area contributed by atoms with Gasteiger partial charge in [-0.15, -0.1) is 12.8 Å². The highest BCUT2D eigenvalue weighted by molar-refractivity contribution is 6.10. The van der Waals surface area contributed by atoms with Crippen LogP contribution in [0.3, 0.4) is 0 Å². The molecule has 0 fully saturated rings. The summed E-state index contributed by atoms with van der Waals surface area (Å²) in [6.45, 7) is 2.55. The second-order valence-electron chi connectivity index (χ2n) is 2.15. The molecule has 12 heavy (non-hydrogen) atoms. The van der Waals surface area contributed by atoms with Gasteiger partial charge in [0.05, 0.1) is 11.1 Å². The fourth-order valence-electron chi connectivity index (χ4n) is 0.700. The molecule has 0 spiro atoms. The second-order valence-corrected chi connectivity index (χ2v) is 2.15. The fourth-order valence-corrected chi connectivity index (χ4v) is 0.700. The van der Waals surface area contributed by atoms with E-state index in [1.165, 1.54) is 13.8 Å². The van der Waals surface area contributed by atoms with Crippen molar-refractivity contribution in [2.24, 2.45) is 0 Å². The highest BCUT2D eigenvalue weighted by atomic mass is 16.1. The Morgan fingerprint density at radius 1 is 0.917 bits per heavy atom. The van der Waals surface area contributed by atoms with Crippen LogP contribution in [0, 0.1) is 24.7 Å². The summed E-state index contributed by atoms with van der Waals surface area (Å²) in [6, 6.07) is 0. The van der Waals surface area contributed by atoms with E-state index >= 15 is 0 Å². The lowest BCUT2D eigenvalue weighted by Gasteiger charge is -1.96. The van der Waals surface area contributed by atoms with Crippen LogP contribution >= 0.6 is 0 Å². The standard InChI is InChI=1S/C10H8O2/c1-5-9(7(3)11)10(6-2)8(4)12/h1-2H,3-4H3. The van der Waals surface area contributed by atoms with Gasteiger partial charge in [-0.1, -0.05) is 11.8 Å². The maximum atomic E-state index is 10.8. The van der Waals surface area contributed by atoms with Crippen LogP contribution < -0.4 is 0 Å². The molecular formula is C10H8O2. The number of terminal acetylenes is 2. The van der Waals surface area contributed by atoms with Crippen molar-refractivity contribution in [2.45, 2.75) is 13.8 Å². The molecule has 2 heteroatoms. The Morgan fingerprint density at radius 2 is 1.17 bits per heavy atom. The van der Waals surface area contributed by atoms with Gasteiger partial charge in [0.25, 0.3) is 0 Å². The average Bonchev–Trinajstić information content (AvgIpc) is 1.98. The lowest BCUT2D eigenvalue weighted by atomic mass is 10.0. The first-order valence-electron chi connectivity index (χ1n) is 3.24. The molecule has 0 bridgehead atoms. The lowest BCUT2D eigenvalue weighted by molar-refractivity contribution is -0.115. The number of ketones is 2. The molecule has 0 unspecified atom stereocenters. The Balaban J connectivity index is 5.40. The van der Waals surface area contributed by atoms with Gasteiger partial charge < -0.3 is 0 Å². The van der Waals surface area contributed by atoms with Gasteiger partial charge in [-0.3, -0.25) is 9.59 Å². The van der Waals surface area contributed by atoms with E-state index in [-0.39, 0.29) is 22.7 Å². The third-order valence-corrected chi connectivity index (χ3v) is 1.24. The molecule has 0 saturated carbocycles. The van der Waals surface area contributed by atoms with Crippen LogP contribution in [-0.2, 0) is 9.59 Å². The molecule has 0 aromatic carbocycles. The molecule has 0 aromatic heterocycles. The summed E-state index contributed by atoms with van der Waals surface area (Å²) in [6.07, 6.45) is 10.0. The van der Waals surface area contributed by atoms with Gasteiger partial charge in [-0.05, 0) is 13.8 Å². The number of hydrogen-bond acceptors (Lipinski definition) is 2. The van der Waals surface area contributed by atoms with Crippen molar-refractivity contribution in [1.82, 2.24) is 0 Å². The van der Waals surface area contributed by atoms with Crippen LogP contribution in [0.25, 0.3) is 0 Å². The number of carbonyl (C=O) groups is 2. The zero-order valence-electron chi connectivity index (χ0n) is 6.97. The molecule has 60 valence electrons. The quantitative estimate of drug-likeness (QED) is 0.440. The van der Waals surface area contributed by atoms with Crippen molar-refractivity contribution in [2.75, 3.05) is 0 Å². The van der Waals surface area contributed by atoms with E-state index in [1.54, 1.807) is 0 Å². The smallest absolute Gasteiger partial charge is 0.169 e. The minimum Gasteiger partial charge on any atom is -0.294 e. The van der Waals surface area contributed by atoms with Crippen molar-refractivity contribution in [1.29, 1.82) is 0 Å². The molecule has 0 aromatic rings. The summed E-state index contributed by atoms with van der Waals surface area (Å²) in [5.41, 5.74) is -0.0463. The van der Waals surface area contributed by atoms with Crippen LogP contribution in [-0.4, -0.2) is 11.6 Å². The third kappa shape index (κ3) is 2.11. The first-order chi connectivity index (χ1) is 5.54. The fraction of sp³-hybridized carbons (Fsp3) is 0.200. The lowest BCUT2D eigenvalue weighted by Crippen LogP contribution is -2.04. The van der Waals surface area contributed by atoms with Gasteiger partial charge in [0, 0.05) is 0 Å². The zero-order chi connectivity index (χ0) is 9.72. The topological polar surface area (TPSA) is 34.1 Å². The van der Waals surface area contributed by atoms with E-state index in [0.29, 0.717) is 0 Å². The van der Waals surface area contributed by atoms with Gasteiger partial charge in [-0.25, -0.2) is 0 Å². The number of rotatable bonds is 2. The molecule has 0 amide bonds. The highest BCUT2D eigenvalue weighted by Crippen LogP contribution is 2.04. The predicted octanol–water partition coefficient (Wildman–Crippen LogP) is 0.727. The van der Waals surface area contributed by atoms with Gasteiger partial charge in [0.2, 0.25) is 0 Å². The van der Waals surface area contributed by atoms with E-state index < -0.39 is 0 Å². The molecule has 0 heterocycles. The summed E-state index contributed by atoms with van der Waals surface area (Å²) < 4.78 is 0. The minimum atomic E-state index is -0.361. The zero-order valence-corrected chi connectivity index (χ0v) is 6.97. The van der Waals surface area contributed by atoms with Crippen molar-refractivity contribution in [3.63, 3.8) is 0 Å². The van der Waals surface area contributed by atoms with Crippen LogP contribution in [0.5, 0.6) is 0 Å². The van der Waals surface area contributed by atoms with Crippen LogP contribution in [0.1, 0.15) is 13.8 Å². The van der Waals surface area contributed by atoms with Crippen LogP contribution in [0.4, 0.5) is 0 Å². The van der Waals surface area contributed by atoms with Gasteiger partial charge in [0.1, 0.15) is 0 Å². The Hall–Kier alpha value is -1.80. The molecule has 0 rings (SSSR count). The molecule has 0 aliphatic rings. The van der Waals surface area contributed by atoms with Crippen LogP contribution in [0.2, 0.25) is 0 Å². The van der Waals surface area contributed by atoms with Gasteiger partial charge >= 0.3 is 0 Å². The van der Waals surface area contributed by atoms with Crippen molar-refractivity contribution >= 4 is 11.6 Å². The molecule has 0 atom stereocenters. The van der Waals surface area contributed by atoms with E-state index in [0.717, 1.165) is 0 Å². The maximum absolute atomic E-state index is 10.8. The molecule has 0 saturated heterocycles. The number of allylic oxidation sites excluding steroid dienone is 2. The first-order valence-corrected chi connectivity index (χ1v) is 3.24. The first kappa shape index (κ1) is 10.2. The monoisotopic (exact) mass is 160 g/mol. The average molecular weight is 160 g/mol. The third-order valence-electron chi connectivity index (χ3n) is 1.24. The Morgan fingerprint density at radius 3 is 1.25 bits per heavy atom. The molecule has 0 N–H and O–H groups in total. The Bertz CT molecular complexity index is 298. The minimum absolute atomic E-state index is 0.0231. The molecular weight excluding hydrogens is 152 g/mol. The molecule has 0 aliphatic carbocycles. The number of Topliss-reactive ketones (excluding diaryl/α,β-unsaturated/α-hetero) is 2. The maximum Gasteiger partial charge on any atom is 0.169 e. The second kappa shape index (κ2) is 4.16. The summed E-state index contributed by atoms with van der Waals surface area (Å²) >= 11 is 0. The highest BCUT2D eigenvalue weighted by Gasteiger charge is 2.10. The van der Waals surface area contributed by atoms with Crippen molar-refractivity contribution in [3.05, 3.63) is 11.1 Å². The normalized spacial score (nSPS) is 10.7. The number of carbonyl (C=O) groups excluding carboxylic acids is 2. The summed E-state index contributed by atoms with van der Waals surface area (Å²) in [5.74, 6) is 3.48. The van der Waals surface area contributed by atoms with E-state index in [1.807, 2.05) is 0 Å². The summed E-state index contributed by atoms with van der Waals surface area (Å²) in [5, 5.41) is 0. The van der Waals surface area contributed by atoms with Crippen molar-refractivity contribution in [3.8, 4) is 24.7 Å². The largest absolute Gasteiger partial charge is 0.294 e. The van der Waals surface area contributed by atoms with E-state index in [2.05, 4.69) is 11.8 Å². The van der Waals surface area contributed by atoms with E-state index in [9.17, 15) is 9.59 Å². The predicted molar refractivity (Wildman–Crippen MR) is 46.1 cm³/mol. The summed E-state index contributed by atoms with van der Waals surface area (Å²) in [4.78, 5) is 21.7. The van der Waals surface area contributed by atoms with E-state index in [4.69, 9.17) is 12.8 Å². The van der Waals surface area contributed by atoms with Crippen LogP contribution in [0.15, 0.2) is 11.1 Å². The molecule has 0 radical (unpaired) electrons. The SMILES string of the molecule is C#CC(C(C)=O)=C(C#C)C(C)=O. The summed E-state index contributed by atoms with van der Waals surface area (Å²) in [7, 11) is 0. The van der Waals surface area contributed by atoms with Gasteiger partial charge in [0.15, 0.2) is 11.6 Å². The Kier molecular flexibility index (Phi) is 3.53. The van der Waals surface area contributed by atoms with Crippen molar-refractivity contribution < 1.29 is 9.59 Å². The Labute approximate surface area is 71.7 Å². The molecule has 0 aliphatic heterocycles. The number of hydrogen-bond donors (Lipinski definition) is 0. The molecule has 2 nitrogen and oxygen atoms in total. The van der Waals surface area contributed by atoms with Gasteiger partial charge in [-0.2, -0.15) is 0 Å².